The van der Waals surface area contributed by atoms with Gasteiger partial charge in [-0.15, -0.1) is 0 Å². The first kappa shape index (κ1) is 20.1. The third-order valence-corrected chi connectivity index (χ3v) is 5.60. The molecule has 0 aromatic heterocycles. The maximum absolute atomic E-state index is 13.0. The fourth-order valence-corrected chi connectivity index (χ4v) is 4.06. The van der Waals surface area contributed by atoms with Gasteiger partial charge in [-0.3, -0.25) is 9.69 Å². The van der Waals surface area contributed by atoms with Gasteiger partial charge >= 0.3 is 0 Å². The SMILES string of the molecule is CC1CN(Cc2ccc(F)cc2)CCN1C(=O)C=Cc1ccc(Cl)cc1Br. The predicted octanol–water partition coefficient (Wildman–Crippen LogP) is 4.99. The van der Waals surface area contributed by atoms with E-state index < -0.39 is 0 Å². The number of hydrogen-bond donors (Lipinski definition) is 0. The zero-order valence-corrected chi connectivity index (χ0v) is 17.4. The fraction of sp³-hybridized carbons (Fsp3) is 0.286. The zero-order chi connectivity index (χ0) is 19.4. The smallest absolute Gasteiger partial charge is 0.246 e. The Hall–Kier alpha value is -1.69. The van der Waals surface area contributed by atoms with E-state index in [1.54, 1.807) is 18.2 Å². The number of hydrogen-bond acceptors (Lipinski definition) is 2. The Morgan fingerprint density at radius 1 is 1.26 bits per heavy atom. The lowest BCUT2D eigenvalue weighted by atomic mass is 10.1. The molecule has 1 amide bonds. The minimum absolute atomic E-state index is 0.00535. The average Bonchev–Trinajstić information content (AvgIpc) is 2.63. The van der Waals surface area contributed by atoms with Gasteiger partial charge in [-0.05, 0) is 48.4 Å². The molecule has 0 bridgehead atoms. The summed E-state index contributed by atoms with van der Waals surface area (Å²) in [7, 11) is 0. The van der Waals surface area contributed by atoms with Crippen LogP contribution in [0.4, 0.5) is 4.39 Å². The summed E-state index contributed by atoms with van der Waals surface area (Å²) in [5, 5.41) is 0.649. The summed E-state index contributed by atoms with van der Waals surface area (Å²) in [4.78, 5) is 16.8. The normalized spacial score (nSPS) is 18.2. The molecule has 1 unspecified atom stereocenters. The molecular weight excluding hydrogens is 431 g/mol. The number of rotatable bonds is 4. The molecule has 1 saturated heterocycles. The van der Waals surface area contributed by atoms with Crippen LogP contribution in [0.2, 0.25) is 5.02 Å². The Labute approximate surface area is 172 Å². The van der Waals surface area contributed by atoms with Crippen LogP contribution >= 0.6 is 27.5 Å². The molecule has 0 aliphatic carbocycles. The molecular formula is C21H21BrClFN2O. The Balaban J connectivity index is 1.57. The number of amides is 1. The standard InChI is InChI=1S/C21H21BrClFN2O/c1-15-13-25(14-16-2-7-19(24)8-3-16)10-11-26(15)21(27)9-5-17-4-6-18(23)12-20(17)22/h2-9,12,15H,10-11,13-14H2,1H3. The van der Waals surface area contributed by atoms with Crippen molar-refractivity contribution in [3.63, 3.8) is 0 Å². The second-order valence-electron chi connectivity index (χ2n) is 6.74. The molecule has 0 spiro atoms. The summed E-state index contributed by atoms with van der Waals surface area (Å²) in [6.07, 6.45) is 3.42. The topological polar surface area (TPSA) is 23.6 Å². The van der Waals surface area contributed by atoms with E-state index in [9.17, 15) is 9.18 Å². The van der Waals surface area contributed by atoms with Gasteiger partial charge in [0.25, 0.3) is 0 Å². The molecule has 1 heterocycles. The summed E-state index contributed by atoms with van der Waals surface area (Å²) >= 11 is 9.41. The highest BCUT2D eigenvalue weighted by Crippen LogP contribution is 2.23. The van der Waals surface area contributed by atoms with Gasteiger partial charge in [0, 0.05) is 47.8 Å². The third kappa shape index (κ3) is 5.41. The summed E-state index contributed by atoms with van der Waals surface area (Å²) in [6, 6.07) is 12.2. The van der Waals surface area contributed by atoms with Gasteiger partial charge < -0.3 is 4.90 Å². The van der Waals surface area contributed by atoms with Crippen LogP contribution in [0.3, 0.4) is 0 Å². The second kappa shape index (κ2) is 9.00. The van der Waals surface area contributed by atoms with E-state index in [4.69, 9.17) is 11.6 Å². The molecule has 2 aromatic carbocycles. The molecule has 0 N–H and O–H groups in total. The Bertz CT molecular complexity index is 841. The van der Waals surface area contributed by atoms with Gasteiger partial charge in [-0.1, -0.05) is 45.7 Å². The van der Waals surface area contributed by atoms with E-state index in [-0.39, 0.29) is 17.8 Å². The minimum Gasteiger partial charge on any atom is -0.334 e. The van der Waals surface area contributed by atoms with Crippen LogP contribution in [0.5, 0.6) is 0 Å². The van der Waals surface area contributed by atoms with E-state index in [1.165, 1.54) is 12.1 Å². The van der Waals surface area contributed by atoms with Gasteiger partial charge in [-0.25, -0.2) is 4.39 Å². The van der Waals surface area contributed by atoms with Crippen LogP contribution in [0.1, 0.15) is 18.1 Å². The van der Waals surface area contributed by atoms with Crippen LogP contribution in [-0.2, 0) is 11.3 Å². The maximum Gasteiger partial charge on any atom is 0.246 e. The fourth-order valence-electron chi connectivity index (χ4n) is 3.25. The molecule has 27 heavy (non-hydrogen) atoms. The lowest BCUT2D eigenvalue weighted by Crippen LogP contribution is -2.53. The number of carbonyl (C=O) groups is 1. The van der Waals surface area contributed by atoms with E-state index >= 15 is 0 Å². The molecule has 6 heteroatoms. The molecule has 2 aromatic rings. The molecule has 1 fully saturated rings. The van der Waals surface area contributed by atoms with Gasteiger partial charge in [0.1, 0.15) is 5.82 Å². The van der Waals surface area contributed by atoms with Crippen molar-refractivity contribution in [2.45, 2.75) is 19.5 Å². The van der Waals surface area contributed by atoms with Crippen LogP contribution in [0.15, 0.2) is 53.0 Å². The van der Waals surface area contributed by atoms with E-state index in [0.717, 1.165) is 35.2 Å². The number of carbonyl (C=O) groups excluding carboxylic acids is 1. The van der Waals surface area contributed by atoms with E-state index in [0.29, 0.717) is 11.6 Å². The quantitative estimate of drug-likeness (QED) is 0.612. The summed E-state index contributed by atoms with van der Waals surface area (Å²) < 4.78 is 13.9. The largest absolute Gasteiger partial charge is 0.334 e. The lowest BCUT2D eigenvalue weighted by molar-refractivity contribution is -0.130. The van der Waals surface area contributed by atoms with Crippen molar-refractivity contribution in [3.05, 3.63) is 75.0 Å². The molecule has 1 atom stereocenters. The number of benzene rings is 2. The summed E-state index contributed by atoms with van der Waals surface area (Å²) in [6.45, 7) is 5.09. The van der Waals surface area contributed by atoms with Gasteiger partial charge in [-0.2, -0.15) is 0 Å². The van der Waals surface area contributed by atoms with Crippen LogP contribution in [0.25, 0.3) is 6.08 Å². The van der Waals surface area contributed by atoms with Gasteiger partial charge in [0.05, 0.1) is 0 Å². The van der Waals surface area contributed by atoms with Crippen molar-refractivity contribution in [1.29, 1.82) is 0 Å². The van der Waals surface area contributed by atoms with Crippen LogP contribution < -0.4 is 0 Å². The van der Waals surface area contributed by atoms with Crippen LogP contribution in [0, 0.1) is 5.82 Å². The maximum atomic E-state index is 13.0. The number of nitrogens with zero attached hydrogens (tertiary/aromatic N) is 2. The molecule has 3 nitrogen and oxygen atoms in total. The van der Waals surface area contributed by atoms with Crippen molar-refractivity contribution >= 4 is 39.5 Å². The highest BCUT2D eigenvalue weighted by atomic mass is 79.9. The number of piperazine rings is 1. The molecule has 3 rings (SSSR count). The average molecular weight is 452 g/mol. The van der Waals surface area contributed by atoms with Crippen molar-refractivity contribution in [1.82, 2.24) is 9.80 Å². The molecule has 142 valence electrons. The molecule has 0 saturated carbocycles. The van der Waals surface area contributed by atoms with E-state index in [2.05, 4.69) is 27.8 Å². The van der Waals surface area contributed by atoms with E-state index in [1.807, 2.05) is 29.2 Å². The molecule has 0 radical (unpaired) electrons. The van der Waals surface area contributed by atoms with Crippen molar-refractivity contribution < 1.29 is 9.18 Å². The van der Waals surface area contributed by atoms with Crippen LogP contribution in [-0.4, -0.2) is 41.4 Å². The molecule has 1 aliphatic rings. The van der Waals surface area contributed by atoms with Crippen molar-refractivity contribution in [2.24, 2.45) is 0 Å². The molecule has 1 aliphatic heterocycles. The summed E-state index contributed by atoms with van der Waals surface area (Å²) in [5.41, 5.74) is 1.99. The highest BCUT2D eigenvalue weighted by Gasteiger charge is 2.26. The highest BCUT2D eigenvalue weighted by molar-refractivity contribution is 9.10. The first-order valence-corrected chi connectivity index (χ1v) is 10.00. The second-order valence-corrected chi connectivity index (χ2v) is 8.03. The monoisotopic (exact) mass is 450 g/mol. The zero-order valence-electron chi connectivity index (χ0n) is 15.0. The summed E-state index contributed by atoms with van der Waals surface area (Å²) in [5.74, 6) is -0.215. The minimum atomic E-state index is -0.221. The van der Waals surface area contributed by atoms with Gasteiger partial charge in [0.2, 0.25) is 5.91 Å². The third-order valence-electron chi connectivity index (χ3n) is 4.68. The Morgan fingerprint density at radius 3 is 2.67 bits per heavy atom. The predicted molar refractivity (Wildman–Crippen MR) is 111 cm³/mol. The van der Waals surface area contributed by atoms with Crippen molar-refractivity contribution in [3.8, 4) is 0 Å². The Morgan fingerprint density at radius 2 is 2.00 bits per heavy atom. The first-order chi connectivity index (χ1) is 12.9. The lowest BCUT2D eigenvalue weighted by Gasteiger charge is -2.39. The first-order valence-electron chi connectivity index (χ1n) is 8.83. The number of halogens is 3. The van der Waals surface area contributed by atoms with Gasteiger partial charge in [0.15, 0.2) is 0 Å². The van der Waals surface area contributed by atoms with Crippen molar-refractivity contribution in [2.75, 3.05) is 19.6 Å². The Kier molecular flexibility index (Phi) is 6.68.